The van der Waals surface area contributed by atoms with Crippen LogP contribution in [-0.2, 0) is 11.3 Å². The molecule has 0 saturated heterocycles. The van der Waals surface area contributed by atoms with Gasteiger partial charge >= 0.3 is 0 Å². The Hall–Kier alpha value is -3.80. The number of benzene rings is 3. The van der Waals surface area contributed by atoms with Crippen LogP contribution >= 0.6 is 0 Å². The molecule has 0 fully saturated rings. The van der Waals surface area contributed by atoms with Crippen molar-refractivity contribution in [3.05, 3.63) is 89.5 Å². The highest BCUT2D eigenvalue weighted by molar-refractivity contribution is 6.09. The van der Waals surface area contributed by atoms with Crippen molar-refractivity contribution in [3.8, 4) is 17.2 Å². The predicted octanol–water partition coefficient (Wildman–Crippen LogP) is 3.73. The fourth-order valence-electron chi connectivity index (χ4n) is 3.08. The molecule has 3 aromatic rings. The maximum absolute atomic E-state index is 12.5. The monoisotopic (exact) mass is 403 g/mol. The second-order valence-electron chi connectivity index (χ2n) is 6.89. The summed E-state index contributed by atoms with van der Waals surface area (Å²) in [5, 5.41) is 2.85. The normalized spacial score (nSPS) is 12.8. The second kappa shape index (κ2) is 8.69. The number of ether oxygens (including phenoxy) is 3. The number of hydrogen-bond acceptors (Lipinski definition) is 5. The molecule has 1 heterocycles. The van der Waals surface area contributed by atoms with E-state index in [1.807, 2.05) is 36.4 Å². The molecule has 1 N–H and O–H groups in total. The van der Waals surface area contributed by atoms with Crippen LogP contribution in [0, 0.1) is 0 Å². The quantitative estimate of drug-likeness (QED) is 0.609. The molecule has 1 aliphatic rings. The number of fused-ring (bicyclic) bond motifs is 1. The Labute approximate surface area is 174 Å². The number of carbonyl (C=O) groups excluding carboxylic acids is 2. The van der Waals surface area contributed by atoms with Crippen LogP contribution in [0.3, 0.4) is 0 Å². The average Bonchev–Trinajstić information content (AvgIpc) is 3.26. The fraction of sp³-hybridized carbons (Fsp3) is 0.167. The molecule has 0 aliphatic carbocycles. The zero-order chi connectivity index (χ0) is 20.9. The molecule has 6 heteroatoms. The molecule has 0 saturated carbocycles. The van der Waals surface area contributed by atoms with Crippen molar-refractivity contribution in [3.63, 3.8) is 0 Å². The molecule has 1 aliphatic heterocycles. The van der Waals surface area contributed by atoms with Crippen LogP contribution in [0.2, 0.25) is 0 Å². The van der Waals surface area contributed by atoms with Gasteiger partial charge < -0.3 is 19.5 Å². The Balaban J connectivity index is 1.31. The van der Waals surface area contributed by atoms with Gasteiger partial charge in [0.25, 0.3) is 5.91 Å². The van der Waals surface area contributed by atoms with Crippen molar-refractivity contribution in [2.75, 3.05) is 6.79 Å². The summed E-state index contributed by atoms with van der Waals surface area (Å²) in [4.78, 5) is 24.8. The molecule has 3 aromatic carbocycles. The van der Waals surface area contributed by atoms with Crippen LogP contribution in [0.4, 0.5) is 0 Å². The van der Waals surface area contributed by atoms with E-state index in [0.717, 1.165) is 5.56 Å². The highest BCUT2D eigenvalue weighted by Crippen LogP contribution is 2.32. The van der Waals surface area contributed by atoms with Gasteiger partial charge in [-0.2, -0.15) is 0 Å². The van der Waals surface area contributed by atoms with Crippen LogP contribution in [0.1, 0.15) is 28.4 Å². The van der Waals surface area contributed by atoms with Crippen molar-refractivity contribution in [2.24, 2.45) is 0 Å². The largest absolute Gasteiger partial charge is 0.481 e. The lowest BCUT2D eigenvalue weighted by molar-refractivity contribution is -0.127. The zero-order valence-electron chi connectivity index (χ0n) is 16.5. The lowest BCUT2D eigenvalue weighted by Gasteiger charge is -2.15. The Morgan fingerprint density at radius 3 is 2.40 bits per heavy atom. The van der Waals surface area contributed by atoms with Gasteiger partial charge in [0.05, 0.1) is 0 Å². The third-order valence-corrected chi connectivity index (χ3v) is 4.74. The number of nitrogens with one attached hydrogen (secondary N) is 1. The first-order valence-electron chi connectivity index (χ1n) is 9.63. The smallest absolute Gasteiger partial charge is 0.261 e. The number of amides is 1. The van der Waals surface area contributed by atoms with Crippen LogP contribution < -0.4 is 19.5 Å². The zero-order valence-corrected chi connectivity index (χ0v) is 16.5. The molecule has 1 atom stereocenters. The first-order valence-corrected chi connectivity index (χ1v) is 9.63. The van der Waals surface area contributed by atoms with Gasteiger partial charge in [-0.15, -0.1) is 0 Å². The Morgan fingerprint density at radius 1 is 0.933 bits per heavy atom. The summed E-state index contributed by atoms with van der Waals surface area (Å²) in [6, 6.07) is 21.4. The molecule has 0 radical (unpaired) electrons. The molecule has 30 heavy (non-hydrogen) atoms. The molecule has 1 amide bonds. The minimum atomic E-state index is -0.685. The van der Waals surface area contributed by atoms with E-state index in [1.54, 1.807) is 43.3 Å². The Morgan fingerprint density at radius 2 is 1.63 bits per heavy atom. The van der Waals surface area contributed by atoms with E-state index in [9.17, 15) is 9.59 Å². The molecular weight excluding hydrogens is 382 g/mol. The first-order chi connectivity index (χ1) is 14.6. The summed E-state index contributed by atoms with van der Waals surface area (Å²) >= 11 is 0. The van der Waals surface area contributed by atoms with E-state index >= 15 is 0 Å². The van der Waals surface area contributed by atoms with E-state index in [0.29, 0.717) is 34.9 Å². The summed E-state index contributed by atoms with van der Waals surface area (Å²) in [6.07, 6.45) is -0.685. The summed E-state index contributed by atoms with van der Waals surface area (Å²) in [5.74, 6) is 1.60. The Kier molecular flexibility index (Phi) is 5.66. The van der Waals surface area contributed by atoms with Crippen molar-refractivity contribution < 1.29 is 23.8 Å². The van der Waals surface area contributed by atoms with Gasteiger partial charge in [-0.1, -0.05) is 36.4 Å². The molecule has 0 aromatic heterocycles. The van der Waals surface area contributed by atoms with Gasteiger partial charge in [0.1, 0.15) is 5.75 Å². The highest BCUT2D eigenvalue weighted by atomic mass is 16.7. The number of hydrogen-bond donors (Lipinski definition) is 1. The summed E-state index contributed by atoms with van der Waals surface area (Å²) < 4.78 is 16.3. The van der Waals surface area contributed by atoms with Gasteiger partial charge in [0.2, 0.25) is 6.79 Å². The topological polar surface area (TPSA) is 73.9 Å². The van der Waals surface area contributed by atoms with Gasteiger partial charge in [0, 0.05) is 17.7 Å². The van der Waals surface area contributed by atoms with Gasteiger partial charge in [-0.25, -0.2) is 0 Å². The molecule has 4 rings (SSSR count). The summed E-state index contributed by atoms with van der Waals surface area (Å²) in [6.45, 7) is 2.25. The average molecular weight is 403 g/mol. The van der Waals surface area contributed by atoms with E-state index < -0.39 is 6.10 Å². The van der Waals surface area contributed by atoms with E-state index in [4.69, 9.17) is 14.2 Å². The van der Waals surface area contributed by atoms with Crippen LogP contribution in [0.15, 0.2) is 72.8 Å². The van der Waals surface area contributed by atoms with Gasteiger partial charge in [0.15, 0.2) is 23.4 Å². The van der Waals surface area contributed by atoms with E-state index in [2.05, 4.69) is 5.32 Å². The van der Waals surface area contributed by atoms with Crippen molar-refractivity contribution in [1.29, 1.82) is 0 Å². The summed E-state index contributed by atoms with van der Waals surface area (Å²) in [7, 11) is 0. The van der Waals surface area contributed by atoms with Crippen molar-refractivity contribution >= 4 is 11.7 Å². The van der Waals surface area contributed by atoms with Gasteiger partial charge in [-0.3, -0.25) is 9.59 Å². The highest BCUT2D eigenvalue weighted by Gasteiger charge is 2.17. The number of ketones is 1. The van der Waals surface area contributed by atoms with E-state index in [1.165, 1.54) is 0 Å². The minimum Gasteiger partial charge on any atom is -0.481 e. The number of rotatable bonds is 7. The maximum atomic E-state index is 12.5. The predicted molar refractivity (Wildman–Crippen MR) is 111 cm³/mol. The van der Waals surface area contributed by atoms with Crippen LogP contribution in [0.5, 0.6) is 17.2 Å². The molecule has 1 unspecified atom stereocenters. The molecule has 0 spiro atoms. The first kappa shape index (κ1) is 19.5. The molecule has 152 valence electrons. The lowest BCUT2D eigenvalue weighted by Crippen LogP contribution is -2.35. The SMILES string of the molecule is CC(Oc1ccc(C(=O)c2ccccc2)cc1)C(=O)NCc1ccc2c(c1)OCO2. The van der Waals surface area contributed by atoms with Crippen molar-refractivity contribution in [1.82, 2.24) is 5.32 Å². The van der Waals surface area contributed by atoms with Crippen molar-refractivity contribution in [2.45, 2.75) is 19.6 Å². The third-order valence-electron chi connectivity index (χ3n) is 4.74. The molecule has 0 bridgehead atoms. The summed E-state index contributed by atoms with van der Waals surface area (Å²) in [5.41, 5.74) is 2.10. The molecule has 6 nitrogen and oxygen atoms in total. The number of carbonyl (C=O) groups is 2. The standard InChI is InChI=1S/C24H21NO5/c1-16(24(27)25-14-17-7-12-21-22(13-17)29-15-28-21)30-20-10-8-19(9-11-20)23(26)18-5-3-2-4-6-18/h2-13,16H,14-15H2,1H3,(H,25,27). The lowest BCUT2D eigenvalue weighted by atomic mass is 10.0. The van der Waals surface area contributed by atoms with Gasteiger partial charge in [-0.05, 0) is 48.9 Å². The Bertz CT molecular complexity index is 1050. The maximum Gasteiger partial charge on any atom is 0.261 e. The van der Waals surface area contributed by atoms with E-state index in [-0.39, 0.29) is 18.5 Å². The third kappa shape index (κ3) is 4.43. The second-order valence-corrected chi connectivity index (χ2v) is 6.89. The minimum absolute atomic E-state index is 0.0586. The van der Waals surface area contributed by atoms with Crippen LogP contribution in [0.25, 0.3) is 0 Å². The fourth-order valence-corrected chi connectivity index (χ4v) is 3.08. The van der Waals surface area contributed by atoms with Crippen LogP contribution in [-0.4, -0.2) is 24.6 Å². The molecular formula is C24H21NO5.